The number of rotatable bonds is 7. The number of anilines is 2. The van der Waals surface area contributed by atoms with Gasteiger partial charge in [0.1, 0.15) is 17.3 Å². The molecule has 0 aliphatic rings. The van der Waals surface area contributed by atoms with E-state index in [-0.39, 0.29) is 11.6 Å². The third-order valence-corrected chi connectivity index (χ3v) is 4.21. The molecule has 0 spiro atoms. The Labute approximate surface area is 165 Å². The van der Waals surface area contributed by atoms with Crippen LogP contribution in [0.5, 0.6) is 5.75 Å². The van der Waals surface area contributed by atoms with Crippen molar-refractivity contribution in [2.24, 2.45) is 0 Å². The lowest BCUT2D eigenvalue weighted by Crippen LogP contribution is -2.26. The lowest BCUT2D eigenvalue weighted by molar-refractivity contribution is 0.0949. The summed E-state index contributed by atoms with van der Waals surface area (Å²) < 4.78 is 5.21. The van der Waals surface area contributed by atoms with Gasteiger partial charge in [-0.15, -0.1) is 0 Å². The van der Waals surface area contributed by atoms with Crippen molar-refractivity contribution >= 4 is 17.4 Å². The first kappa shape index (κ1) is 19.4. The van der Waals surface area contributed by atoms with Crippen LogP contribution in [0.3, 0.4) is 0 Å². The first-order chi connectivity index (χ1) is 13.5. The zero-order chi connectivity index (χ0) is 19.9. The van der Waals surface area contributed by atoms with Crippen molar-refractivity contribution < 1.29 is 9.53 Å². The van der Waals surface area contributed by atoms with E-state index in [0.29, 0.717) is 18.8 Å². The van der Waals surface area contributed by atoms with Gasteiger partial charge in [0.25, 0.3) is 5.91 Å². The number of aromatic nitrogens is 2. The van der Waals surface area contributed by atoms with E-state index in [9.17, 15) is 4.79 Å². The van der Waals surface area contributed by atoms with Gasteiger partial charge in [0.05, 0.1) is 19.5 Å². The molecule has 1 aromatic heterocycles. The van der Waals surface area contributed by atoms with Gasteiger partial charge >= 0.3 is 0 Å². The van der Waals surface area contributed by atoms with Gasteiger partial charge in [0, 0.05) is 12.2 Å². The molecule has 2 aromatic carbocycles. The molecule has 0 saturated carbocycles. The van der Waals surface area contributed by atoms with E-state index in [0.717, 1.165) is 17.0 Å². The Kier molecular flexibility index (Phi) is 6.22. The van der Waals surface area contributed by atoms with Crippen LogP contribution in [0.25, 0.3) is 0 Å². The summed E-state index contributed by atoms with van der Waals surface area (Å²) in [5.74, 6) is 1.16. The Morgan fingerprint density at radius 3 is 2.50 bits per heavy atom. The molecule has 28 heavy (non-hydrogen) atoms. The van der Waals surface area contributed by atoms with Crippen molar-refractivity contribution in [2.75, 3.05) is 19.0 Å². The highest BCUT2D eigenvalue weighted by atomic mass is 16.5. The van der Waals surface area contributed by atoms with Gasteiger partial charge in [0.2, 0.25) is 0 Å². The number of amides is 1. The van der Waals surface area contributed by atoms with E-state index in [1.807, 2.05) is 50.2 Å². The minimum Gasteiger partial charge on any atom is -0.497 e. The standard InChI is InChI=1S/C22H24N4O2/c1-15-9-16(2)11-18(10-15)26-21-14-24-20(13-25-21)22(27)23-8-7-17-5-4-6-19(12-17)28-3/h4-6,9-14H,7-8H2,1-3H3,(H,23,27)(H,25,26). The lowest BCUT2D eigenvalue weighted by atomic mass is 10.1. The Bertz CT molecular complexity index is 935. The summed E-state index contributed by atoms with van der Waals surface area (Å²) in [7, 11) is 1.64. The molecule has 1 amide bonds. The van der Waals surface area contributed by atoms with Crippen molar-refractivity contribution in [3.63, 3.8) is 0 Å². The Morgan fingerprint density at radius 1 is 1.04 bits per heavy atom. The van der Waals surface area contributed by atoms with Crippen molar-refractivity contribution in [3.05, 3.63) is 77.2 Å². The Balaban J connectivity index is 1.54. The van der Waals surface area contributed by atoms with Crippen LogP contribution < -0.4 is 15.4 Å². The molecule has 6 heteroatoms. The predicted octanol–water partition coefficient (Wildman–Crippen LogP) is 3.82. The summed E-state index contributed by atoms with van der Waals surface area (Å²) in [6.45, 7) is 4.60. The van der Waals surface area contributed by atoms with Crippen LogP contribution in [0.1, 0.15) is 27.2 Å². The third-order valence-electron chi connectivity index (χ3n) is 4.21. The molecule has 0 bridgehead atoms. The van der Waals surface area contributed by atoms with Gasteiger partial charge < -0.3 is 15.4 Å². The molecule has 0 aliphatic heterocycles. The minimum atomic E-state index is -0.242. The topological polar surface area (TPSA) is 76.1 Å². The molecule has 2 N–H and O–H groups in total. The van der Waals surface area contributed by atoms with E-state index < -0.39 is 0 Å². The van der Waals surface area contributed by atoms with Crippen molar-refractivity contribution in [2.45, 2.75) is 20.3 Å². The zero-order valence-corrected chi connectivity index (χ0v) is 16.3. The molecular formula is C22H24N4O2. The largest absolute Gasteiger partial charge is 0.497 e. The normalized spacial score (nSPS) is 10.4. The second-order valence-electron chi connectivity index (χ2n) is 6.65. The van der Waals surface area contributed by atoms with Crippen molar-refractivity contribution in [1.29, 1.82) is 0 Å². The number of aryl methyl sites for hydroxylation is 2. The van der Waals surface area contributed by atoms with Crippen LogP contribution >= 0.6 is 0 Å². The van der Waals surface area contributed by atoms with E-state index in [4.69, 9.17) is 4.74 Å². The number of benzene rings is 2. The van der Waals surface area contributed by atoms with Gasteiger partial charge in [0.15, 0.2) is 0 Å². The molecule has 3 aromatic rings. The third kappa shape index (κ3) is 5.30. The summed E-state index contributed by atoms with van der Waals surface area (Å²) in [6.07, 6.45) is 3.75. The van der Waals surface area contributed by atoms with Crippen LogP contribution in [0, 0.1) is 13.8 Å². The molecule has 0 radical (unpaired) electrons. The van der Waals surface area contributed by atoms with Crippen LogP contribution in [0.2, 0.25) is 0 Å². The molecule has 0 aliphatic carbocycles. The highest BCUT2D eigenvalue weighted by Gasteiger charge is 2.08. The first-order valence-corrected chi connectivity index (χ1v) is 9.12. The average molecular weight is 376 g/mol. The van der Waals surface area contributed by atoms with E-state index in [2.05, 4.69) is 26.7 Å². The quantitative estimate of drug-likeness (QED) is 0.656. The summed E-state index contributed by atoms with van der Waals surface area (Å²) >= 11 is 0. The van der Waals surface area contributed by atoms with Crippen molar-refractivity contribution in [1.82, 2.24) is 15.3 Å². The highest BCUT2D eigenvalue weighted by molar-refractivity contribution is 5.92. The summed E-state index contributed by atoms with van der Waals surface area (Å²) in [5.41, 5.74) is 4.67. The molecular weight excluding hydrogens is 352 g/mol. The molecule has 144 valence electrons. The number of nitrogens with zero attached hydrogens (tertiary/aromatic N) is 2. The zero-order valence-electron chi connectivity index (χ0n) is 16.3. The van der Waals surface area contributed by atoms with Crippen LogP contribution in [-0.2, 0) is 6.42 Å². The molecule has 0 unspecified atom stereocenters. The second kappa shape index (κ2) is 8.99. The molecule has 1 heterocycles. The number of carbonyl (C=O) groups excluding carboxylic acids is 1. The number of methoxy groups -OCH3 is 1. The fraction of sp³-hybridized carbons (Fsp3) is 0.227. The molecule has 6 nitrogen and oxygen atoms in total. The van der Waals surface area contributed by atoms with Gasteiger partial charge in [-0.2, -0.15) is 0 Å². The summed E-state index contributed by atoms with van der Waals surface area (Å²) in [5, 5.41) is 6.08. The number of ether oxygens (including phenoxy) is 1. The van der Waals surface area contributed by atoms with Crippen molar-refractivity contribution in [3.8, 4) is 5.75 Å². The minimum absolute atomic E-state index is 0.242. The molecule has 0 atom stereocenters. The highest BCUT2D eigenvalue weighted by Crippen LogP contribution is 2.17. The fourth-order valence-electron chi connectivity index (χ4n) is 2.94. The average Bonchev–Trinajstić information content (AvgIpc) is 2.68. The second-order valence-corrected chi connectivity index (χ2v) is 6.65. The van der Waals surface area contributed by atoms with Crippen LogP contribution in [-0.4, -0.2) is 29.5 Å². The molecule has 0 saturated heterocycles. The van der Waals surface area contributed by atoms with Gasteiger partial charge in [-0.05, 0) is 61.2 Å². The number of nitrogens with one attached hydrogen (secondary N) is 2. The maximum Gasteiger partial charge on any atom is 0.271 e. The first-order valence-electron chi connectivity index (χ1n) is 9.12. The van der Waals surface area contributed by atoms with Crippen LogP contribution in [0.4, 0.5) is 11.5 Å². The maximum absolute atomic E-state index is 12.3. The fourth-order valence-corrected chi connectivity index (χ4v) is 2.94. The SMILES string of the molecule is COc1cccc(CCNC(=O)c2cnc(Nc3cc(C)cc(C)c3)cn2)c1. The van der Waals surface area contributed by atoms with Gasteiger partial charge in [-0.3, -0.25) is 4.79 Å². The smallest absolute Gasteiger partial charge is 0.271 e. The Hall–Kier alpha value is -3.41. The van der Waals surface area contributed by atoms with Crippen LogP contribution in [0.15, 0.2) is 54.9 Å². The van der Waals surface area contributed by atoms with E-state index >= 15 is 0 Å². The lowest BCUT2D eigenvalue weighted by Gasteiger charge is -2.09. The monoisotopic (exact) mass is 376 g/mol. The molecule has 3 rings (SSSR count). The van der Waals surface area contributed by atoms with Gasteiger partial charge in [-0.25, -0.2) is 9.97 Å². The number of hydrogen-bond donors (Lipinski definition) is 2. The van der Waals surface area contributed by atoms with Gasteiger partial charge in [-0.1, -0.05) is 18.2 Å². The maximum atomic E-state index is 12.3. The Morgan fingerprint density at radius 2 is 1.82 bits per heavy atom. The molecule has 0 fully saturated rings. The summed E-state index contributed by atoms with van der Waals surface area (Å²) in [6, 6.07) is 14.0. The summed E-state index contributed by atoms with van der Waals surface area (Å²) in [4.78, 5) is 20.8. The van der Waals surface area contributed by atoms with E-state index in [1.165, 1.54) is 17.3 Å². The predicted molar refractivity (Wildman–Crippen MR) is 110 cm³/mol. The number of hydrogen-bond acceptors (Lipinski definition) is 5. The van der Waals surface area contributed by atoms with E-state index in [1.54, 1.807) is 13.3 Å². The number of carbonyl (C=O) groups is 1.